The molecule has 4 nitrogen and oxygen atoms in total. The largest absolute Gasteiger partial charge is 0.390 e. The van der Waals surface area contributed by atoms with E-state index in [0.717, 1.165) is 5.56 Å². The zero-order valence-electron chi connectivity index (χ0n) is 10.6. The maximum absolute atomic E-state index is 8.90. The molecule has 1 radical (unpaired) electrons. The van der Waals surface area contributed by atoms with Crippen molar-refractivity contribution in [3.8, 4) is 12.1 Å². The van der Waals surface area contributed by atoms with Crippen LogP contribution in [0.4, 0.5) is 0 Å². The molecule has 0 aliphatic heterocycles. The average Bonchev–Trinajstić information content (AvgIpc) is 2.52. The van der Waals surface area contributed by atoms with E-state index in [-0.39, 0.29) is 6.61 Å². The third kappa shape index (κ3) is 3.44. The highest BCUT2D eigenvalue weighted by molar-refractivity contribution is 5.82. The summed E-state index contributed by atoms with van der Waals surface area (Å²) in [6.45, 7) is 0.285. The molecule has 0 saturated carbocycles. The summed E-state index contributed by atoms with van der Waals surface area (Å²) in [6.07, 6.45) is 2.68. The van der Waals surface area contributed by atoms with Gasteiger partial charge in [-0.15, -0.1) is 0 Å². The van der Waals surface area contributed by atoms with Crippen LogP contribution in [-0.4, -0.2) is 6.21 Å². The molecule has 0 N–H and O–H groups in total. The normalized spacial score (nSPS) is 9.90. The Hall–Kier alpha value is -3.11. The van der Waals surface area contributed by atoms with Crippen molar-refractivity contribution in [2.75, 3.05) is 0 Å². The van der Waals surface area contributed by atoms with Crippen LogP contribution in [0.25, 0.3) is 0 Å². The summed E-state index contributed by atoms with van der Waals surface area (Å²) < 4.78 is 0. The van der Waals surface area contributed by atoms with Gasteiger partial charge in [0, 0.05) is 5.56 Å². The first-order chi connectivity index (χ1) is 9.83. The zero-order chi connectivity index (χ0) is 14.2. The van der Waals surface area contributed by atoms with Crippen LogP contribution < -0.4 is 0 Å². The van der Waals surface area contributed by atoms with Crippen molar-refractivity contribution in [2.45, 2.75) is 6.61 Å². The minimum atomic E-state index is 0.285. The lowest BCUT2D eigenvalue weighted by atomic mass is 10.1. The third-order valence-corrected chi connectivity index (χ3v) is 2.59. The number of nitriles is 2. The summed E-state index contributed by atoms with van der Waals surface area (Å²) in [6, 6.07) is 18.2. The van der Waals surface area contributed by atoms with Crippen LogP contribution in [0.5, 0.6) is 0 Å². The molecule has 0 aliphatic rings. The Kier molecular flexibility index (Phi) is 4.48. The fourth-order valence-electron chi connectivity index (χ4n) is 1.54. The van der Waals surface area contributed by atoms with Gasteiger partial charge in [0.25, 0.3) is 0 Å². The van der Waals surface area contributed by atoms with Crippen molar-refractivity contribution in [3.05, 3.63) is 70.8 Å². The van der Waals surface area contributed by atoms with E-state index in [0.29, 0.717) is 16.7 Å². The molecule has 2 rings (SSSR count). The van der Waals surface area contributed by atoms with Gasteiger partial charge in [-0.25, -0.2) is 0 Å². The van der Waals surface area contributed by atoms with Gasteiger partial charge >= 0.3 is 0 Å². The Morgan fingerprint density at radius 1 is 0.900 bits per heavy atom. The van der Waals surface area contributed by atoms with E-state index in [1.54, 1.807) is 48.5 Å². The molecule has 0 unspecified atom stereocenters. The quantitative estimate of drug-likeness (QED) is 0.627. The molecule has 2 aromatic carbocycles. The van der Waals surface area contributed by atoms with E-state index >= 15 is 0 Å². The van der Waals surface area contributed by atoms with Gasteiger partial charge < -0.3 is 4.84 Å². The molecule has 0 atom stereocenters. The standard InChI is InChI=1S/C16H10N3O/c17-9-13-5-7-14(8-6-13)12-20-19-11-16-4-2-1-3-15(16)10-18/h1-8H,12H2. The Morgan fingerprint density at radius 3 is 2.25 bits per heavy atom. The second-order valence-electron chi connectivity index (χ2n) is 3.94. The van der Waals surface area contributed by atoms with Crippen molar-refractivity contribution in [2.24, 2.45) is 5.16 Å². The highest BCUT2D eigenvalue weighted by Gasteiger charge is 1.98. The van der Waals surface area contributed by atoms with Crippen LogP contribution in [0.2, 0.25) is 0 Å². The molecule has 20 heavy (non-hydrogen) atoms. The second kappa shape index (κ2) is 6.72. The Balaban J connectivity index is 1.94. The Labute approximate surface area is 117 Å². The molecule has 0 heterocycles. The summed E-state index contributed by atoms with van der Waals surface area (Å²) in [5.74, 6) is 0. The average molecular weight is 260 g/mol. The van der Waals surface area contributed by atoms with Crippen molar-refractivity contribution in [1.82, 2.24) is 0 Å². The topological polar surface area (TPSA) is 69.2 Å². The third-order valence-electron chi connectivity index (χ3n) is 2.59. The van der Waals surface area contributed by atoms with Gasteiger partial charge in [0.15, 0.2) is 0 Å². The van der Waals surface area contributed by atoms with Crippen LogP contribution >= 0.6 is 0 Å². The van der Waals surface area contributed by atoms with Crippen molar-refractivity contribution in [3.63, 3.8) is 0 Å². The van der Waals surface area contributed by atoms with Gasteiger partial charge in [0.2, 0.25) is 0 Å². The number of hydrogen-bond acceptors (Lipinski definition) is 4. The fraction of sp³-hybridized carbons (Fsp3) is 0.0625. The van der Waals surface area contributed by atoms with Crippen molar-refractivity contribution in [1.29, 1.82) is 10.5 Å². The monoisotopic (exact) mass is 260 g/mol. The van der Waals surface area contributed by atoms with E-state index < -0.39 is 0 Å². The fourth-order valence-corrected chi connectivity index (χ4v) is 1.54. The summed E-state index contributed by atoms with van der Waals surface area (Å²) in [7, 11) is 0. The first kappa shape index (κ1) is 13.3. The first-order valence-electron chi connectivity index (χ1n) is 5.89. The Bertz CT molecular complexity index is 691. The second-order valence-corrected chi connectivity index (χ2v) is 3.94. The summed E-state index contributed by atoms with van der Waals surface area (Å²) in [5, 5.41) is 21.3. The maximum atomic E-state index is 8.90. The van der Waals surface area contributed by atoms with Gasteiger partial charge in [-0.1, -0.05) is 35.5 Å². The van der Waals surface area contributed by atoms with E-state index in [9.17, 15) is 0 Å². The maximum Gasteiger partial charge on any atom is 0.142 e. The molecule has 2 aromatic rings. The van der Waals surface area contributed by atoms with Crippen LogP contribution in [0, 0.1) is 22.7 Å². The van der Waals surface area contributed by atoms with E-state index in [2.05, 4.69) is 17.4 Å². The zero-order valence-corrected chi connectivity index (χ0v) is 10.6. The number of rotatable bonds is 4. The summed E-state index contributed by atoms with van der Waals surface area (Å²) >= 11 is 0. The predicted molar refractivity (Wildman–Crippen MR) is 73.6 cm³/mol. The molecule has 0 aromatic heterocycles. The highest BCUT2D eigenvalue weighted by atomic mass is 16.6. The lowest BCUT2D eigenvalue weighted by Crippen LogP contribution is -1.90. The predicted octanol–water partition coefficient (Wildman–Crippen LogP) is 2.86. The molecular formula is C16H10N3O. The van der Waals surface area contributed by atoms with Crippen LogP contribution in [0.15, 0.2) is 53.7 Å². The van der Waals surface area contributed by atoms with Crippen LogP contribution in [-0.2, 0) is 11.4 Å². The minimum Gasteiger partial charge on any atom is -0.390 e. The molecule has 0 amide bonds. The van der Waals surface area contributed by atoms with E-state index in [1.807, 2.05) is 6.07 Å². The van der Waals surface area contributed by atoms with E-state index in [4.69, 9.17) is 15.4 Å². The first-order valence-corrected chi connectivity index (χ1v) is 5.89. The highest BCUT2D eigenvalue weighted by Crippen LogP contribution is 2.06. The smallest absolute Gasteiger partial charge is 0.142 e. The van der Waals surface area contributed by atoms with Crippen LogP contribution in [0.1, 0.15) is 22.3 Å². The molecule has 4 heteroatoms. The summed E-state index contributed by atoms with van der Waals surface area (Å²) in [5.41, 5.74) is 2.60. The lowest BCUT2D eigenvalue weighted by molar-refractivity contribution is 0.132. The SMILES string of the molecule is N#Cc1ccc(CO/N=[C]\c2ccccc2C#N)cc1. The summed E-state index contributed by atoms with van der Waals surface area (Å²) in [4.78, 5) is 5.12. The lowest BCUT2D eigenvalue weighted by Gasteiger charge is -1.99. The van der Waals surface area contributed by atoms with Gasteiger partial charge in [-0.2, -0.15) is 10.5 Å². The van der Waals surface area contributed by atoms with Gasteiger partial charge in [0.05, 0.1) is 23.3 Å². The molecule has 0 saturated heterocycles. The number of hydrogen-bond donors (Lipinski definition) is 0. The van der Waals surface area contributed by atoms with E-state index in [1.165, 1.54) is 0 Å². The Morgan fingerprint density at radius 2 is 1.60 bits per heavy atom. The number of benzene rings is 2. The van der Waals surface area contributed by atoms with Crippen molar-refractivity contribution < 1.29 is 4.84 Å². The molecule has 95 valence electrons. The molecule has 0 fully saturated rings. The molecule has 0 spiro atoms. The van der Waals surface area contributed by atoms with Gasteiger partial charge in [0.1, 0.15) is 12.8 Å². The molecule has 0 aliphatic carbocycles. The number of nitrogens with zero attached hydrogens (tertiary/aromatic N) is 3. The van der Waals surface area contributed by atoms with Gasteiger partial charge in [-0.3, -0.25) is 0 Å². The van der Waals surface area contributed by atoms with Crippen molar-refractivity contribution >= 4 is 6.21 Å². The van der Waals surface area contributed by atoms with Gasteiger partial charge in [-0.05, 0) is 23.8 Å². The molecular weight excluding hydrogens is 250 g/mol. The van der Waals surface area contributed by atoms with Crippen LogP contribution in [0.3, 0.4) is 0 Å². The minimum absolute atomic E-state index is 0.285. The molecule has 0 bridgehead atoms.